The molecular formula is C13H11BrClN3O3. The fourth-order valence-electron chi connectivity index (χ4n) is 1.78. The highest BCUT2D eigenvalue weighted by molar-refractivity contribution is 9.10. The summed E-state index contributed by atoms with van der Waals surface area (Å²) in [6, 6.07) is 6.65. The quantitative estimate of drug-likeness (QED) is 0.633. The zero-order chi connectivity index (χ0) is 15.4. The number of nitrogens with zero attached hydrogens (tertiary/aromatic N) is 2. The maximum atomic E-state index is 11.0. The Balaban J connectivity index is 2.27. The van der Waals surface area contributed by atoms with Crippen molar-refractivity contribution >= 4 is 39.0 Å². The second-order valence-electron chi connectivity index (χ2n) is 4.05. The Kier molecular flexibility index (Phi) is 4.98. The number of nitrogens with one attached hydrogen (secondary N) is 1. The van der Waals surface area contributed by atoms with E-state index in [4.69, 9.17) is 16.3 Å². The molecule has 0 spiro atoms. The molecule has 0 saturated carbocycles. The molecule has 0 radical (unpaired) electrons. The van der Waals surface area contributed by atoms with Crippen LogP contribution in [-0.2, 0) is 6.54 Å². The second-order valence-corrected chi connectivity index (χ2v) is 5.38. The van der Waals surface area contributed by atoms with Crippen LogP contribution in [0.4, 0.5) is 11.5 Å². The maximum Gasteiger partial charge on any atom is 0.312 e. The number of benzene rings is 1. The molecule has 0 aliphatic rings. The predicted octanol–water partition coefficient (Wildman–Crippen LogP) is 4.03. The van der Waals surface area contributed by atoms with Crippen LogP contribution in [0, 0.1) is 10.1 Å². The number of hydrogen-bond donors (Lipinski definition) is 1. The summed E-state index contributed by atoms with van der Waals surface area (Å²) in [7, 11) is 1.54. The minimum Gasteiger partial charge on any atom is -0.496 e. The molecule has 110 valence electrons. The lowest BCUT2D eigenvalue weighted by molar-refractivity contribution is -0.384. The third-order valence-corrected chi connectivity index (χ3v) is 3.55. The first-order valence-corrected chi connectivity index (χ1v) is 7.05. The Morgan fingerprint density at radius 1 is 1.52 bits per heavy atom. The Morgan fingerprint density at radius 2 is 2.29 bits per heavy atom. The van der Waals surface area contributed by atoms with Crippen molar-refractivity contribution in [3.05, 3.63) is 55.6 Å². The molecule has 0 amide bonds. The highest BCUT2D eigenvalue weighted by Crippen LogP contribution is 2.29. The number of methoxy groups -OCH3 is 1. The van der Waals surface area contributed by atoms with Gasteiger partial charge in [-0.25, -0.2) is 4.98 Å². The minimum atomic E-state index is -0.496. The smallest absolute Gasteiger partial charge is 0.312 e. The number of ether oxygens (including phenoxy) is 1. The highest BCUT2D eigenvalue weighted by Gasteiger charge is 2.17. The van der Waals surface area contributed by atoms with Gasteiger partial charge in [-0.2, -0.15) is 0 Å². The molecule has 6 nitrogen and oxygen atoms in total. The number of pyridine rings is 1. The van der Waals surface area contributed by atoms with Crippen molar-refractivity contribution in [2.24, 2.45) is 0 Å². The van der Waals surface area contributed by atoms with Crippen molar-refractivity contribution in [1.82, 2.24) is 4.98 Å². The second kappa shape index (κ2) is 6.73. The van der Waals surface area contributed by atoms with Crippen LogP contribution >= 0.6 is 27.5 Å². The summed E-state index contributed by atoms with van der Waals surface area (Å²) in [6.07, 6.45) is 1.49. The monoisotopic (exact) mass is 371 g/mol. The van der Waals surface area contributed by atoms with Crippen LogP contribution in [0.1, 0.15) is 5.56 Å². The van der Waals surface area contributed by atoms with Crippen LogP contribution in [0.2, 0.25) is 5.02 Å². The van der Waals surface area contributed by atoms with E-state index in [1.165, 1.54) is 19.4 Å². The summed E-state index contributed by atoms with van der Waals surface area (Å²) in [6.45, 7) is 0.262. The maximum absolute atomic E-state index is 11.0. The van der Waals surface area contributed by atoms with E-state index in [2.05, 4.69) is 26.2 Å². The van der Waals surface area contributed by atoms with Gasteiger partial charge in [0.05, 0.1) is 12.0 Å². The lowest BCUT2D eigenvalue weighted by Gasteiger charge is -2.11. The Morgan fingerprint density at radius 3 is 2.95 bits per heavy atom. The molecule has 0 atom stereocenters. The molecule has 1 aromatic heterocycles. The van der Waals surface area contributed by atoms with E-state index in [1.54, 1.807) is 18.2 Å². The molecule has 2 aromatic rings. The number of halogens is 2. The summed E-state index contributed by atoms with van der Waals surface area (Å²) >= 11 is 9.28. The van der Waals surface area contributed by atoms with E-state index in [1.807, 2.05) is 0 Å². The number of nitro groups is 1. The van der Waals surface area contributed by atoms with Crippen LogP contribution in [-0.4, -0.2) is 17.0 Å². The molecule has 1 aromatic carbocycles. The van der Waals surface area contributed by atoms with Crippen LogP contribution in [0.3, 0.4) is 0 Å². The molecule has 0 aliphatic heterocycles. The zero-order valence-electron chi connectivity index (χ0n) is 11.0. The third-order valence-electron chi connectivity index (χ3n) is 2.76. The van der Waals surface area contributed by atoms with Gasteiger partial charge < -0.3 is 10.1 Å². The summed E-state index contributed by atoms with van der Waals surface area (Å²) in [4.78, 5) is 14.5. The van der Waals surface area contributed by atoms with Crippen molar-refractivity contribution < 1.29 is 9.66 Å². The first kappa shape index (κ1) is 15.5. The van der Waals surface area contributed by atoms with E-state index < -0.39 is 4.92 Å². The normalized spacial score (nSPS) is 10.2. The van der Waals surface area contributed by atoms with Gasteiger partial charge in [0.25, 0.3) is 0 Å². The average Bonchev–Trinajstić information content (AvgIpc) is 2.46. The van der Waals surface area contributed by atoms with Crippen LogP contribution < -0.4 is 10.1 Å². The van der Waals surface area contributed by atoms with Crippen molar-refractivity contribution in [3.63, 3.8) is 0 Å². The highest BCUT2D eigenvalue weighted by atomic mass is 79.9. The fraction of sp³-hybridized carbons (Fsp3) is 0.154. The van der Waals surface area contributed by atoms with Crippen molar-refractivity contribution in [2.75, 3.05) is 12.4 Å². The predicted molar refractivity (Wildman–Crippen MR) is 83.9 cm³/mol. The molecule has 0 fully saturated rings. The topological polar surface area (TPSA) is 77.3 Å². The third kappa shape index (κ3) is 3.62. The van der Waals surface area contributed by atoms with E-state index in [0.717, 1.165) is 0 Å². The first-order chi connectivity index (χ1) is 10.0. The van der Waals surface area contributed by atoms with Gasteiger partial charge in [-0.1, -0.05) is 17.7 Å². The molecular weight excluding hydrogens is 362 g/mol. The summed E-state index contributed by atoms with van der Waals surface area (Å²) < 4.78 is 5.76. The summed E-state index contributed by atoms with van der Waals surface area (Å²) in [5.74, 6) is 0.778. The van der Waals surface area contributed by atoms with Gasteiger partial charge in [-0.05, 0) is 28.1 Å². The molecule has 21 heavy (non-hydrogen) atoms. The first-order valence-electron chi connectivity index (χ1n) is 5.88. The van der Waals surface area contributed by atoms with Gasteiger partial charge in [0.15, 0.2) is 0 Å². The van der Waals surface area contributed by atoms with Gasteiger partial charge in [0.1, 0.15) is 5.75 Å². The van der Waals surface area contributed by atoms with Gasteiger partial charge in [-0.3, -0.25) is 10.1 Å². The minimum absolute atomic E-state index is 0.115. The molecule has 0 bridgehead atoms. The van der Waals surface area contributed by atoms with E-state index >= 15 is 0 Å². The van der Waals surface area contributed by atoms with Crippen molar-refractivity contribution in [1.29, 1.82) is 0 Å². The zero-order valence-corrected chi connectivity index (χ0v) is 13.3. The average molecular weight is 373 g/mol. The standard InChI is InChI=1S/C13H11BrClN3O3/c1-21-12-4-2-3-10(15)9(12)7-17-13-11(18(19)20)5-8(14)6-16-13/h2-6H,7H2,1H3,(H,16,17). The Hall–Kier alpha value is -1.86. The lowest BCUT2D eigenvalue weighted by atomic mass is 10.2. The summed E-state index contributed by atoms with van der Waals surface area (Å²) in [5, 5.41) is 14.5. The molecule has 0 unspecified atom stereocenters. The van der Waals surface area contributed by atoms with Gasteiger partial charge in [0, 0.05) is 33.9 Å². The van der Waals surface area contributed by atoms with Crippen LogP contribution in [0.5, 0.6) is 5.75 Å². The largest absolute Gasteiger partial charge is 0.496 e. The van der Waals surface area contributed by atoms with Gasteiger partial charge in [0.2, 0.25) is 5.82 Å². The van der Waals surface area contributed by atoms with Gasteiger partial charge in [-0.15, -0.1) is 0 Å². The van der Waals surface area contributed by atoms with Crippen molar-refractivity contribution in [2.45, 2.75) is 6.54 Å². The van der Waals surface area contributed by atoms with Crippen LogP contribution in [0.15, 0.2) is 34.9 Å². The molecule has 2 rings (SSSR count). The molecule has 8 heteroatoms. The SMILES string of the molecule is COc1cccc(Cl)c1CNc1ncc(Br)cc1[N+](=O)[O-]. The van der Waals surface area contributed by atoms with Crippen LogP contribution in [0.25, 0.3) is 0 Å². The van der Waals surface area contributed by atoms with Gasteiger partial charge >= 0.3 is 5.69 Å². The number of hydrogen-bond acceptors (Lipinski definition) is 5. The lowest BCUT2D eigenvalue weighted by Crippen LogP contribution is -2.06. The molecule has 0 saturated heterocycles. The summed E-state index contributed by atoms with van der Waals surface area (Å²) in [5.41, 5.74) is 0.594. The van der Waals surface area contributed by atoms with E-state index in [-0.39, 0.29) is 18.1 Å². The Labute approximate surface area is 134 Å². The molecule has 1 heterocycles. The number of rotatable bonds is 5. The van der Waals surface area contributed by atoms with Crippen molar-refractivity contribution in [3.8, 4) is 5.75 Å². The van der Waals surface area contributed by atoms with E-state index in [0.29, 0.717) is 20.8 Å². The van der Waals surface area contributed by atoms with E-state index in [9.17, 15) is 10.1 Å². The number of anilines is 1. The molecule has 1 N–H and O–H groups in total. The fourth-order valence-corrected chi connectivity index (χ4v) is 2.33. The number of aromatic nitrogens is 1. The Bertz CT molecular complexity index is 682. The molecule has 0 aliphatic carbocycles.